The predicted molar refractivity (Wildman–Crippen MR) is 87.2 cm³/mol. The van der Waals surface area contributed by atoms with E-state index in [-0.39, 0.29) is 11.2 Å². The molecule has 0 saturated heterocycles. The van der Waals surface area contributed by atoms with E-state index in [9.17, 15) is 4.79 Å². The molecule has 0 aliphatic carbocycles. The van der Waals surface area contributed by atoms with Gasteiger partial charge in [-0.05, 0) is 40.5 Å². The monoisotopic (exact) mass is 318 g/mol. The standard InChI is InChI=1S/C17H34O5/c1-7-16(5,21-9-3)11-13-19-15(18)20-14-12-17(6,8-2)22-10-4/h7-14H2,1-6H3. The summed E-state index contributed by atoms with van der Waals surface area (Å²) in [6, 6.07) is 0. The van der Waals surface area contributed by atoms with Gasteiger partial charge in [0, 0.05) is 26.1 Å². The third-order valence-corrected chi connectivity index (χ3v) is 4.18. The van der Waals surface area contributed by atoms with Gasteiger partial charge in [-0.25, -0.2) is 4.79 Å². The molecule has 22 heavy (non-hydrogen) atoms. The Bertz CT molecular complexity index is 279. The smallest absolute Gasteiger partial charge is 0.434 e. The van der Waals surface area contributed by atoms with Crippen molar-refractivity contribution in [2.75, 3.05) is 26.4 Å². The highest BCUT2D eigenvalue weighted by atomic mass is 16.7. The summed E-state index contributed by atoms with van der Waals surface area (Å²) in [4.78, 5) is 11.6. The van der Waals surface area contributed by atoms with Gasteiger partial charge in [0.1, 0.15) is 0 Å². The lowest BCUT2D eigenvalue weighted by atomic mass is 9.99. The van der Waals surface area contributed by atoms with Gasteiger partial charge in [0.05, 0.1) is 24.4 Å². The first kappa shape index (κ1) is 21.2. The van der Waals surface area contributed by atoms with Crippen molar-refractivity contribution in [2.45, 2.75) is 78.4 Å². The fourth-order valence-electron chi connectivity index (χ4n) is 2.14. The topological polar surface area (TPSA) is 54.0 Å². The maximum Gasteiger partial charge on any atom is 0.508 e. The van der Waals surface area contributed by atoms with Gasteiger partial charge < -0.3 is 18.9 Å². The SMILES string of the molecule is CCOC(C)(CC)CCOC(=O)OCCC(C)(CC)OCC. The molecule has 0 aromatic heterocycles. The van der Waals surface area contributed by atoms with Crippen molar-refractivity contribution < 1.29 is 23.7 Å². The number of ether oxygens (including phenoxy) is 4. The molecule has 0 N–H and O–H groups in total. The zero-order valence-electron chi connectivity index (χ0n) is 15.2. The minimum atomic E-state index is -0.620. The van der Waals surface area contributed by atoms with Gasteiger partial charge in [-0.15, -0.1) is 0 Å². The quantitative estimate of drug-likeness (QED) is 0.501. The maximum atomic E-state index is 11.6. The molecule has 0 saturated carbocycles. The van der Waals surface area contributed by atoms with E-state index in [1.807, 2.05) is 27.7 Å². The molecule has 132 valence electrons. The van der Waals surface area contributed by atoms with Crippen LogP contribution in [0.3, 0.4) is 0 Å². The molecule has 0 bridgehead atoms. The van der Waals surface area contributed by atoms with Crippen molar-refractivity contribution in [1.29, 1.82) is 0 Å². The Morgan fingerprint density at radius 2 is 1.14 bits per heavy atom. The van der Waals surface area contributed by atoms with Crippen LogP contribution in [-0.2, 0) is 18.9 Å². The Kier molecular flexibility index (Phi) is 10.4. The van der Waals surface area contributed by atoms with Gasteiger partial charge in [-0.3, -0.25) is 0 Å². The molecular formula is C17H34O5. The van der Waals surface area contributed by atoms with Crippen molar-refractivity contribution in [3.05, 3.63) is 0 Å². The molecule has 0 spiro atoms. The zero-order chi connectivity index (χ0) is 17.1. The van der Waals surface area contributed by atoms with E-state index in [1.165, 1.54) is 0 Å². The van der Waals surface area contributed by atoms with E-state index in [1.54, 1.807) is 0 Å². The lowest BCUT2D eigenvalue weighted by molar-refractivity contribution is -0.0565. The van der Waals surface area contributed by atoms with Gasteiger partial charge in [-0.2, -0.15) is 0 Å². The Balaban J connectivity index is 3.96. The van der Waals surface area contributed by atoms with Crippen LogP contribution in [0.5, 0.6) is 0 Å². The van der Waals surface area contributed by atoms with Crippen LogP contribution in [0, 0.1) is 0 Å². The number of carbonyl (C=O) groups is 1. The van der Waals surface area contributed by atoms with Crippen molar-refractivity contribution in [1.82, 2.24) is 0 Å². The molecule has 5 nitrogen and oxygen atoms in total. The van der Waals surface area contributed by atoms with Crippen molar-refractivity contribution in [3.63, 3.8) is 0 Å². The summed E-state index contributed by atoms with van der Waals surface area (Å²) in [5, 5.41) is 0. The molecule has 0 aromatic rings. The highest BCUT2D eigenvalue weighted by Gasteiger charge is 2.24. The molecule has 2 atom stereocenters. The van der Waals surface area contributed by atoms with E-state index in [0.29, 0.717) is 39.3 Å². The molecule has 0 rings (SSSR count). The van der Waals surface area contributed by atoms with Gasteiger partial charge >= 0.3 is 6.16 Å². The second-order valence-electron chi connectivity index (χ2n) is 5.92. The van der Waals surface area contributed by atoms with Crippen LogP contribution in [0.4, 0.5) is 4.79 Å². The highest BCUT2D eigenvalue weighted by molar-refractivity contribution is 5.59. The molecule has 0 fully saturated rings. The van der Waals surface area contributed by atoms with Gasteiger partial charge in [-0.1, -0.05) is 13.8 Å². The Morgan fingerprint density at radius 1 is 0.773 bits per heavy atom. The summed E-state index contributed by atoms with van der Waals surface area (Å²) in [7, 11) is 0. The van der Waals surface area contributed by atoms with Gasteiger partial charge in [0.25, 0.3) is 0 Å². The summed E-state index contributed by atoms with van der Waals surface area (Å²) >= 11 is 0. The molecule has 0 amide bonds. The van der Waals surface area contributed by atoms with Crippen LogP contribution < -0.4 is 0 Å². The lowest BCUT2D eigenvalue weighted by Gasteiger charge is -2.28. The minimum absolute atomic E-state index is 0.245. The highest BCUT2D eigenvalue weighted by Crippen LogP contribution is 2.21. The average molecular weight is 318 g/mol. The summed E-state index contributed by atoms with van der Waals surface area (Å²) in [5.41, 5.74) is -0.491. The summed E-state index contributed by atoms with van der Waals surface area (Å²) in [5.74, 6) is 0. The Hall–Kier alpha value is -0.810. The van der Waals surface area contributed by atoms with Crippen LogP contribution in [0.2, 0.25) is 0 Å². The Labute approximate surface area is 135 Å². The Morgan fingerprint density at radius 3 is 1.41 bits per heavy atom. The van der Waals surface area contributed by atoms with E-state index in [2.05, 4.69) is 13.8 Å². The van der Waals surface area contributed by atoms with E-state index < -0.39 is 6.16 Å². The van der Waals surface area contributed by atoms with Crippen LogP contribution >= 0.6 is 0 Å². The first-order valence-electron chi connectivity index (χ1n) is 8.42. The minimum Gasteiger partial charge on any atom is -0.434 e. The fraction of sp³-hybridized carbons (Fsp3) is 0.941. The van der Waals surface area contributed by atoms with Crippen LogP contribution in [-0.4, -0.2) is 43.8 Å². The predicted octanol–water partition coefficient (Wildman–Crippen LogP) is 4.33. The second kappa shape index (κ2) is 10.8. The van der Waals surface area contributed by atoms with E-state index in [0.717, 1.165) is 12.8 Å². The largest absolute Gasteiger partial charge is 0.508 e. The lowest BCUT2D eigenvalue weighted by Crippen LogP contribution is -2.31. The molecule has 0 aliphatic heterocycles. The maximum absolute atomic E-state index is 11.6. The van der Waals surface area contributed by atoms with Crippen molar-refractivity contribution in [3.8, 4) is 0 Å². The molecule has 0 aliphatic rings. The summed E-state index contributed by atoms with van der Waals surface area (Å²) in [6.45, 7) is 14.0. The third kappa shape index (κ3) is 8.59. The number of carbonyl (C=O) groups excluding carboxylic acids is 1. The number of hydrogen-bond acceptors (Lipinski definition) is 5. The summed E-state index contributed by atoms with van der Waals surface area (Å²) < 4.78 is 21.6. The summed E-state index contributed by atoms with van der Waals surface area (Å²) in [6.07, 6.45) is 2.46. The van der Waals surface area contributed by atoms with Gasteiger partial charge in [0.15, 0.2) is 0 Å². The van der Waals surface area contributed by atoms with Crippen LogP contribution in [0.25, 0.3) is 0 Å². The number of hydrogen-bond donors (Lipinski definition) is 0. The molecule has 0 radical (unpaired) electrons. The van der Waals surface area contributed by atoms with Crippen molar-refractivity contribution >= 4 is 6.16 Å². The average Bonchev–Trinajstić information content (AvgIpc) is 2.48. The molecular weight excluding hydrogens is 284 g/mol. The first-order valence-corrected chi connectivity index (χ1v) is 8.42. The molecule has 0 heterocycles. The zero-order valence-corrected chi connectivity index (χ0v) is 15.2. The normalized spacial score (nSPS) is 16.6. The van der Waals surface area contributed by atoms with Crippen LogP contribution in [0.15, 0.2) is 0 Å². The second-order valence-corrected chi connectivity index (χ2v) is 5.92. The van der Waals surface area contributed by atoms with E-state index in [4.69, 9.17) is 18.9 Å². The van der Waals surface area contributed by atoms with E-state index >= 15 is 0 Å². The first-order chi connectivity index (χ1) is 10.3. The van der Waals surface area contributed by atoms with Crippen molar-refractivity contribution in [2.24, 2.45) is 0 Å². The molecule has 2 unspecified atom stereocenters. The fourth-order valence-corrected chi connectivity index (χ4v) is 2.14. The molecule has 0 aromatic carbocycles. The van der Waals surface area contributed by atoms with Gasteiger partial charge in [0.2, 0.25) is 0 Å². The molecule has 5 heteroatoms. The number of rotatable bonds is 12. The third-order valence-electron chi connectivity index (χ3n) is 4.18. The van der Waals surface area contributed by atoms with Crippen LogP contribution in [0.1, 0.15) is 67.2 Å².